The highest BCUT2D eigenvalue weighted by atomic mass is 31.1. The molecule has 6 N–H and O–H groups in total. The number of hydrogen-bond donors (Lipinski definition) is 6. The van der Waals surface area contributed by atoms with E-state index >= 15 is 0 Å². The van der Waals surface area contributed by atoms with Crippen molar-refractivity contribution in [2.24, 2.45) is 0 Å². The van der Waals surface area contributed by atoms with E-state index in [0.717, 1.165) is 0 Å². The molecule has 10 nitrogen and oxygen atoms in total. The largest absolute Gasteiger partial charge is 0.694 e. The van der Waals surface area contributed by atoms with Crippen LogP contribution in [-0.2, 0) is 18.6 Å². The van der Waals surface area contributed by atoms with Gasteiger partial charge in [0.2, 0.25) is 5.91 Å². The molecule has 0 saturated carbocycles. The van der Waals surface area contributed by atoms with Gasteiger partial charge in [-0.15, -0.1) is 9.42 Å². The van der Waals surface area contributed by atoms with Crippen LogP contribution in [0.25, 0.3) is 0 Å². The molecule has 0 radical (unpaired) electrons. The lowest BCUT2D eigenvalue weighted by Crippen LogP contribution is -2.38. The zero-order chi connectivity index (χ0) is 16.0. The summed E-state index contributed by atoms with van der Waals surface area (Å²) in [6.45, 7) is 0.903. The van der Waals surface area contributed by atoms with Crippen LogP contribution in [0.15, 0.2) is 12.3 Å². The average Bonchev–Trinajstić information content (AvgIpc) is 2.63. The Kier molecular flexibility index (Phi) is 6.82. The first-order chi connectivity index (χ1) is 9.81. The number of nitrogens with one attached hydrogen (secondary N) is 3. The van der Waals surface area contributed by atoms with Crippen LogP contribution in [0.4, 0.5) is 0 Å². The maximum atomic E-state index is 10.7. The van der Waals surface area contributed by atoms with Gasteiger partial charge in [0.15, 0.2) is 6.23 Å². The highest BCUT2D eigenvalue weighted by Gasteiger charge is 2.43. The molecule has 1 heterocycles. The van der Waals surface area contributed by atoms with E-state index in [0.29, 0.717) is 0 Å². The number of aliphatic hydroxyl groups is 2. The van der Waals surface area contributed by atoms with E-state index in [-0.39, 0.29) is 12.4 Å². The Morgan fingerprint density at radius 3 is 2.71 bits per heavy atom. The molecule has 1 aliphatic heterocycles. The van der Waals surface area contributed by atoms with Gasteiger partial charge in [-0.25, -0.2) is 0 Å². The number of amidine groups is 1. The molecule has 1 aliphatic rings. The first-order valence-electron chi connectivity index (χ1n) is 5.90. The second-order valence-corrected chi connectivity index (χ2v) is 4.94. The molecule has 0 aromatic carbocycles. The Bertz CT molecular complexity index is 444. The predicted octanol–water partition coefficient (Wildman–Crippen LogP) is -1.68. The van der Waals surface area contributed by atoms with Crippen LogP contribution in [0.1, 0.15) is 6.92 Å². The summed E-state index contributed by atoms with van der Waals surface area (Å²) in [5.41, 5.74) is 0. The van der Waals surface area contributed by atoms with Crippen LogP contribution in [0.5, 0.6) is 0 Å². The first-order valence-corrected chi connectivity index (χ1v) is 7.03. The topological polar surface area (TPSA) is 161 Å². The summed E-state index contributed by atoms with van der Waals surface area (Å²) in [5, 5.41) is 31.5. The highest BCUT2D eigenvalue weighted by Crippen LogP contribution is 2.23. The molecule has 1 fully saturated rings. The highest BCUT2D eigenvalue weighted by molar-refractivity contribution is 7.32. The van der Waals surface area contributed by atoms with Gasteiger partial charge in [-0.1, -0.05) is 0 Å². The molecule has 21 heavy (non-hydrogen) atoms. The molecule has 1 saturated heterocycles. The predicted molar refractivity (Wildman–Crippen MR) is 70.3 cm³/mol. The summed E-state index contributed by atoms with van der Waals surface area (Å²) in [6, 6.07) is 0. The third kappa shape index (κ3) is 5.84. The lowest BCUT2D eigenvalue weighted by molar-refractivity contribution is -0.117. The summed E-state index contributed by atoms with van der Waals surface area (Å²) >= 11 is 0. The third-order valence-electron chi connectivity index (χ3n) is 2.53. The van der Waals surface area contributed by atoms with Crippen LogP contribution in [0, 0.1) is 5.41 Å². The molecule has 1 amide bonds. The van der Waals surface area contributed by atoms with Crippen LogP contribution in [0.3, 0.4) is 0 Å². The first kappa shape index (κ1) is 17.6. The van der Waals surface area contributed by atoms with Crippen molar-refractivity contribution in [2.45, 2.75) is 31.5 Å². The van der Waals surface area contributed by atoms with Crippen molar-refractivity contribution < 1.29 is 33.7 Å². The molecular weight excluding hydrogens is 305 g/mol. The van der Waals surface area contributed by atoms with E-state index < -0.39 is 38.7 Å². The maximum absolute atomic E-state index is 10.7. The molecule has 0 bridgehead atoms. The number of rotatable bonds is 6. The second-order valence-electron chi connectivity index (χ2n) is 4.20. The van der Waals surface area contributed by atoms with Gasteiger partial charge in [0.05, 0.1) is 0 Å². The van der Waals surface area contributed by atoms with E-state index in [2.05, 4.69) is 15.2 Å². The monoisotopic (exact) mass is 322 g/mol. The van der Waals surface area contributed by atoms with Gasteiger partial charge in [-0.2, -0.15) is 0 Å². The SMILES string of the molecule is CC(=O)NC(=N)/C=C\NC1OC(CO[P+](=O)O)[C@@H](O)[C@H]1O. The van der Waals surface area contributed by atoms with Gasteiger partial charge in [0.1, 0.15) is 30.8 Å². The zero-order valence-electron chi connectivity index (χ0n) is 11.1. The number of hydrogen-bond acceptors (Lipinski definition) is 8. The summed E-state index contributed by atoms with van der Waals surface area (Å²) in [6.07, 6.45) is -2.04. The van der Waals surface area contributed by atoms with E-state index in [4.69, 9.17) is 15.0 Å². The lowest BCUT2D eigenvalue weighted by Gasteiger charge is -2.14. The van der Waals surface area contributed by atoms with Crippen molar-refractivity contribution in [3.8, 4) is 0 Å². The Morgan fingerprint density at radius 2 is 2.14 bits per heavy atom. The van der Waals surface area contributed by atoms with E-state index in [1.54, 1.807) is 0 Å². The van der Waals surface area contributed by atoms with Crippen LogP contribution in [0.2, 0.25) is 0 Å². The Hall–Kier alpha value is -1.42. The molecule has 0 spiro atoms. The summed E-state index contributed by atoms with van der Waals surface area (Å²) < 4.78 is 20.0. The zero-order valence-corrected chi connectivity index (χ0v) is 12.0. The van der Waals surface area contributed by atoms with Crippen molar-refractivity contribution in [3.63, 3.8) is 0 Å². The number of carbonyl (C=O) groups excluding carboxylic acids is 1. The fourth-order valence-electron chi connectivity index (χ4n) is 1.62. The standard InChI is InChI=1S/C10H16N3O7P/c1-5(14)13-7(11)2-3-12-10-9(16)8(15)6(20-10)4-19-21(17)18/h2-3,6,8-10,15-16H,4H2,1H3,(H3-,11,12,13,14,17,18)/p+1/t6?,8-,9-,10?/m1/s1. The Morgan fingerprint density at radius 1 is 1.48 bits per heavy atom. The van der Waals surface area contributed by atoms with Gasteiger partial charge in [0.25, 0.3) is 0 Å². The number of ether oxygens (including phenoxy) is 1. The quantitative estimate of drug-likeness (QED) is 0.192. The summed E-state index contributed by atoms with van der Waals surface area (Å²) in [7, 11) is -2.82. The van der Waals surface area contributed by atoms with Gasteiger partial charge in [0, 0.05) is 17.7 Å². The lowest BCUT2D eigenvalue weighted by atomic mass is 10.1. The van der Waals surface area contributed by atoms with E-state index in [9.17, 15) is 19.6 Å². The van der Waals surface area contributed by atoms with Crippen LogP contribution in [-0.4, -0.2) is 58.0 Å². The summed E-state index contributed by atoms with van der Waals surface area (Å²) in [5.74, 6) is -0.562. The van der Waals surface area contributed by atoms with Gasteiger partial charge in [-0.3, -0.25) is 10.2 Å². The molecule has 3 unspecified atom stereocenters. The maximum Gasteiger partial charge on any atom is 0.694 e. The summed E-state index contributed by atoms with van der Waals surface area (Å²) in [4.78, 5) is 19.2. The molecule has 0 aliphatic carbocycles. The number of amides is 1. The number of aliphatic hydroxyl groups excluding tert-OH is 2. The smallest absolute Gasteiger partial charge is 0.387 e. The van der Waals surface area contributed by atoms with Gasteiger partial charge >= 0.3 is 8.25 Å². The van der Waals surface area contributed by atoms with E-state index in [1.807, 2.05) is 0 Å². The average molecular weight is 322 g/mol. The third-order valence-corrected chi connectivity index (χ3v) is 2.90. The van der Waals surface area contributed by atoms with Crippen molar-refractivity contribution >= 4 is 20.0 Å². The molecule has 0 aromatic heterocycles. The van der Waals surface area contributed by atoms with Crippen LogP contribution >= 0.6 is 8.25 Å². The normalized spacial score (nSPS) is 29.4. The molecule has 5 atom stereocenters. The van der Waals surface area contributed by atoms with Crippen molar-refractivity contribution in [1.29, 1.82) is 5.41 Å². The molecule has 11 heteroatoms. The Labute approximate surface area is 121 Å². The fraction of sp³-hybridized carbons (Fsp3) is 0.600. The van der Waals surface area contributed by atoms with Crippen molar-refractivity contribution in [2.75, 3.05) is 6.61 Å². The van der Waals surface area contributed by atoms with Gasteiger partial charge in [-0.05, 0) is 6.08 Å². The molecule has 0 aromatic rings. The Balaban J connectivity index is 2.45. The number of carbonyl (C=O) groups is 1. The van der Waals surface area contributed by atoms with Crippen LogP contribution < -0.4 is 10.6 Å². The molecule has 118 valence electrons. The van der Waals surface area contributed by atoms with Gasteiger partial charge < -0.3 is 25.6 Å². The second kappa shape index (κ2) is 8.13. The van der Waals surface area contributed by atoms with Crippen molar-refractivity contribution in [3.05, 3.63) is 12.3 Å². The molecule has 1 rings (SSSR count). The van der Waals surface area contributed by atoms with Crippen molar-refractivity contribution in [1.82, 2.24) is 10.6 Å². The minimum absolute atomic E-state index is 0.166. The minimum atomic E-state index is -2.82. The minimum Gasteiger partial charge on any atom is -0.387 e. The fourth-order valence-corrected chi connectivity index (χ4v) is 1.89. The molecular formula is C10H17N3O7P+. The van der Waals surface area contributed by atoms with E-state index in [1.165, 1.54) is 19.2 Å².